The zero-order valence-electron chi connectivity index (χ0n) is 12.2. The summed E-state index contributed by atoms with van der Waals surface area (Å²) in [5, 5.41) is 0. The molecule has 0 spiro atoms. The monoisotopic (exact) mass is 281 g/mol. The topological polar surface area (TPSA) is 30.5 Å². The lowest BCUT2D eigenvalue weighted by molar-refractivity contribution is 0.0678. The van der Waals surface area contributed by atoms with Crippen LogP contribution in [0, 0.1) is 0 Å². The zero-order chi connectivity index (χ0) is 13.9. The SMILES string of the molecule is CC1Oc2ccc(CCCNSC(C)(C)C)cc2O1. The Morgan fingerprint density at radius 3 is 2.68 bits per heavy atom. The van der Waals surface area contributed by atoms with Crippen LogP contribution < -0.4 is 14.2 Å². The third-order valence-electron chi connectivity index (χ3n) is 2.72. The van der Waals surface area contributed by atoms with Gasteiger partial charge in [0.2, 0.25) is 6.29 Å². The Bertz CT molecular complexity index is 429. The summed E-state index contributed by atoms with van der Waals surface area (Å²) in [5.74, 6) is 1.74. The van der Waals surface area contributed by atoms with Crippen LogP contribution in [0.2, 0.25) is 0 Å². The van der Waals surface area contributed by atoms with E-state index in [1.807, 2.05) is 13.0 Å². The third-order valence-corrected chi connectivity index (χ3v) is 3.68. The van der Waals surface area contributed by atoms with Crippen molar-refractivity contribution in [3.63, 3.8) is 0 Å². The van der Waals surface area contributed by atoms with E-state index in [2.05, 4.69) is 37.6 Å². The number of hydrogen-bond acceptors (Lipinski definition) is 4. The normalized spacial score (nSPS) is 17.8. The maximum absolute atomic E-state index is 5.58. The predicted octanol–water partition coefficient (Wildman–Crippen LogP) is 3.77. The van der Waals surface area contributed by atoms with Crippen LogP contribution in [0.5, 0.6) is 11.5 Å². The number of aryl methyl sites for hydroxylation is 1. The Labute approximate surface area is 120 Å². The molecule has 1 aliphatic heterocycles. The first-order chi connectivity index (χ1) is 8.94. The van der Waals surface area contributed by atoms with Crippen molar-refractivity contribution in [1.29, 1.82) is 0 Å². The van der Waals surface area contributed by atoms with Crippen LogP contribution in [0.4, 0.5) is 0 Å². The van der Waals surface area contributed by atoms with Crippen molar-refractivity contribution < 1.29 is 9.47 Å². The van der Waals surface area contributed by atoms with Gasteiger partial charge in [0.1, 0.15) is 0 Å². The summed E-state index contributed by atoms with van der Waals surface area (Å²) in [7, 11) is 0. The Morgan fingerprint density at radius 1 is 1.21 bits per heavy atom. The van der Waals surface area contributed by atoms with Crippen molar-refractivity contribution >= 4 is 11.9 Å². The van der Waals surface area contributed by atoms with Gasteiger partial charge in [-0.1, -0.05) is 18.0 Å². The Balaban J connectivity index is 1.74. The smallest absolute Gasteiger partial charge is 0.238 e. The number of ether oxygens (including phenoxy) is 2. The lowest BCUT2D eigenvalue weighted by Crippen LogP contribution is -2.18. The average Bonchev–Trinajstić information content (AvgIpc) is 2.66. The van der Waals surface area contributed by atoms with E-state index in [4.69, 9.17) is 9.47 Å². The minimum Gasteiger partial charge on any atom is -0.451 e. The highest BCUT2D eigenvalue weighted by Crippen LogP contribution is 2.35. The minimum atomic E-state index is -0.157. The molecule has 1 aromatic carbocycles. The molecule has 4 heteroatoms. The van der Waals surface area contributed by atoms with Crippen LogP contribution in [0.1, 0.15) is 39.7 Å². The van der Waals surface area contributed by atoms with Crippen LogP contribution in [-0.4, -0.2) is 17.6 Å². The maximum Gasteiger partial charge on any atom is 0.238 e. The summed E-state index contributed by atoms with van der Waals surface area (Å²) in [4.78, 5) is 0. The van der Waals surface area contributed by atoms with E-state index < -0.39 is 0 Å². The van der Waals surface area contributed by atoms with Gasteiger partial charge in [-0.15, -0.1) is 0 Å². The van der Waals surface area contributed by atoms with Crippen LogP contribution in [0.25, 0.3) is 0 Å². The number of nitrogens with one attached hydrogen (secondary N) is 1. The first-order valence-electron chi connectivity index (χ1n) is 6.81. The van der Waals surface area contributed by atoms with Gasteiger partial charge in [0, 0.05) is 18.2 Å². The molecule has 0 radical (unpaired) electrons. The molecule has 2 rings (SSSR count). The Kier molecular flexibility index (Phi) is 4.63. The fraction of sp³-hybridized carbons (Fsp3) is 0.600. The first-order valence-corrected chi connectivity index (χ1v) is 7.63. The molecule has 1 heterocycles. The molecule has 106 valence electrons. The highest BCUT2D eigenvalue weighted by molar-refractivity contribution is 7.98. The molecule has 19 heavy (non-hydrogen) atoms. The van der Waals surface area contributed by atoms with Gasteiger partial charge in [0.25, 0.3) is 0 Å². The largest absolute Gasteiger partial charge is 0.451 e. The van der Waals surface area contributed by atoms with Gasteiger partial charge in [-0.3, -0.25) is 4.72 Å². The predicted molar refractivity (Wildman–Crippen MR) is 80.8 cm³/mol. The van der Waals surface area contributed by atoms with E-state index in [9.17, 15) is 0 Å². The van der Waals surface area contributed by atoms with E-state index in [-0.39, 0.29) is 11.0 Å². The van der Waals surface area contributed by atoms with E-state index in [1.54, 1.807) is 11.9 Å². The number of rotatable bonds is 5. The second kappa shape index (κ2) is 6.06. The number of hydrogen-bond donors (Lipinski definition) is 1. The summed E-state index contributed by atoms with van der Waals surface area (Å²) in [6.07, 6.45) is 2.02. The molecule has 1 unspecified atom stereocenters. The molecular formula is C15H23NO2S. The lowest BCUT2D eigenvalue weighted by Gasteiger charge is -2.17. The molecule has 0 fully saturated rings. The highest BCUT2D eigenvalue weighted by atomic mass is 32.2. The van der Waals surface area contributed by atoms with Gasteiger partial charge in [0.15, 0.2) is 11.5 Å². The van der Waals surface area contributed by atoms with E-state index >= 15 is 0 Å². The molecule has 0 aromatic heterocycles. The van der Waals surface area contributed by atoms with Gasteiger partial charge in [-0.05, 0) is 51.3 Å². The Hall–Kier alpha value is -0.870. The molecule has 1 atom stereocenters. The standard InChI is InChI=1S/C15H23NO2S/c1-11-17-13-8-7-12(10-14(13)18-11)6-5-9-16-19-15(2,3)4/h7-8,10-11,16H,5-6,9H2,1-4H3. The van der Waals surface area contributed by atoms with Crippen LogP contribution in [0.3, 0.4) is 0 Å². The molecular weight excluding hydrogens is 258 g/mol. The van der Waals surface area contributed by atoms with Crippen molar-refractivity contribution in [1.82, 2.24) is 4.72 Å². The molecule has 0 aliphatic carbocycles. The van der Waals surface area contributed by atoms with Crippen molar-refractivity contribution in [3.05, 3.63) is 23.8 Å². The van der Waals surface area contributed by atoms with Gasteiger partial charge in [0.05, 0.1) is 0 Å². The molecule has 0 saturated heterocycles. The van der Waals surface area contributed by atoms with E-state index in [0.717, 1.165) is 30.9 Å². The summed E-state index contributed by atoms with van der Waals surface area (Å²) in [5.41, 5.74) is 1.30. The summed E-state index contributed by atoms with van der Waals surface area (Å²) < 4.78 is 14.8. The molecule has 0 bridgehead atoms. The molecule has 1 aromatic rings. The molecule has 0 saturated carbocycles. The van der Waals surface area contributed by atoms with Crippen molar-refractivity contribution in [2.24, 2.45) is 0 Å². The van der Waals surface area contributed by atoms with Gasteiger partial charge < -0.3 is 9.47 Å². The van der Waals surface area contributed by atoms with Gasteiger partial charge >= 0.3 is 0 Å². The number of benzene rings is 1. The zero-order valence-corrected chi connectivity index (χ0v) is 13.0. The van der Waals surface area contributed by atoms with E-state index in [1.165, 1.54) is 5.56 Å². The Morgan fingerprint density at radius 2 is 1.95 bits per heavy atom. The molecule has 0 amide bonds. The fourth-order valence-corrected chi connectivity index (χ4v) is 2.59. The maximum atomic E-state index is 5.58. The van der Waals surface area contributed by atoms with Crippen molar-refractivity contribution in [2.45, 2.75) is 51.6 Å². The van der Waals surface area contributed by atoms with Crippen LogP contribution in [0.15, 0.2) is 18.2 Å². The second-order valence-electron chi connectivity index (χ2n) is 5.80. The first kappa shape index (κ1) is 14.5. The molecule has 1 N–H and O–H groups in total. The summed E-state index contributed by atoms with van der Waals surface area (Å²) >= 11 is 1.79. The third kappa shape index (κ3) is 4.62. The van der Waals surface area contributed by atoms with Crippen molar-refractivity contribution in [2.75, 3.05) is 6.54 Å². The van der Waals surface area contributed by atoms with E-state index in [0.29, 0.717) is 0 Å². The molecule has 3 nitrogen and oxygen atoms in total. The van der Waals surface area contributed by atoms with Gasteiger partial charge in [-0.2, -0.15) is 0 Å². The lowest BCUT2D eigenvalue weighted by atomic mass is 10.1. The number of fused-ring (bicyclic) bond motifs is 1. The fourth-order valence-electron chi connectivity index (χ4n) is 1.91. The van der Waals surface area contributed by atoms with Crippen LogP contribution >= 0.6 is 11.9 Å². The van der Waals surface area contributed by atoms with Gasteiger partial charge in [-0.25, -0.2) is 0 Å². The summed E-state index contributed by atoms with van der Waals surface area (Å²) in [6, 6.07) is 6.22. The minimum absolute atomic E-state index is 0.157. The van der Waals surface area contributed by atoms with Crippen molar-refractivity contribution in [3.8, 4) is 11.5 Å². The average molecular weight is 281 g/mol. The molecule has 1 aliphatic rings. The quantitative estimate of drug-likeness (QED) is 0.657. The summed E-state index contributed by atoms with van der Waals surface area (Å²) in [6.45, 7) is 9.57. The van der Waals surface area contributed by atoms with Crippen LogP contribution in [-0.2, 0) is 6.42 Å². The second-order valence-corrected chi connectivity index (χ2v) is 7.51. The highest BCUT2D eigenvalue weighted by Gasteiger charge is 2.19.